The lowest BCUT2D eigenvalue weighted by Crippen LogP contribution is -2.48. The van der Waals surface area contributed by atoms with Gasteiger partial charge in [0.05, 0.1) is 26.7 Å². The number of Topliss-reactive ketones (excluding diaryl/α,β-unsaturated/α-hetero) is 1. The van der Waals surface area contributed by atoms with Crippen LogP contribution in [0.3, 0.4) is 0 Å². The molecule has 0 aromatic heterocycles. The molecule has 1 aromatic carbocycles. The van der Waals surface area contributed by atoms with Gasteiger partial charge in [-0.1, -0.05) is 11.8 Å². The summed E-state index contributed by atoms with van der Waals surface area (Å²) in [7, 11) is 0. The summed E-state index contributed by atoms with van der Waals surface area (Å²) < 4.78 is 5.89. The van der Waals surface area contributed by atoms with Gasteiger partial charge in [-0.3, -0.25) is 24.6 Å². The zero-order valence-corrected chi connectivity index (χ0v) is 15.3. The topological polar surface area (TPSA) is 107 Å². The number of carbonyl (C=O) groups excluding carboxylic acids is 3. The van der Waals surface area contributed by atoms with Gasteiger partial charge in [0, 0.05) is 12.1 Å². The number of non-ortho nitro benzene ring substituents is 1. The number of β-lactam (4-membered cyclic amide) rings is 1. The van der Waals surface area contributed by atoms with Crippen LogP contribution in [0.4, 0.5) is 5.69 Å². The van der Waals surface area contributed by atoms with Crippen LogP contribution in [0, 0.1) is 10.1 Å². The van der Waals surface area contributed by atoms with E-state index in [-0.39, 0.29) is 40.8 Å². The third kappa shape index (κ3) is 3.75. The van der Waals surface area contributed by atoms with Crippen molar-refractivity contribution in [1.29, 1.82) is 0 Å². The van der Waals surface area contributed by atoms with Crippen molar-refractivity contribution in [3.05, 3.63) is 49.9 Å². The molecule has 10 heteroatoms. The van der Waals surface area contributed by atoms with Crippen molar-refractivity contribution in [3.8, 4) is 0 Å². The van der Waals surface area contributed by atoms with Crippen molar-refractivity contribution >= 4 is 46.9 Å². The molecule has 0 bridgehead atoms. The molecular formula is C16H14N2O6S2. The molecule has 2 aliphatic heterocycles. The van der Waals surface area contributed by atoms with Gasteiger partial charge in [-0.2, -0.15) is 0 Å². The number of nitrogens with zero attached hydrogens (tertiary/aromatic N) is 2. The third-order valence-corrected chi connectivity index (χ3v) is 6.41. The summed E-state index contributed by atoms with van der Waals surface area (Å²) in [5.41, 5.74) is 0.732. The normalized spacial score (nSPS) is 18.4. The number of benzene rings is 1. The van der Waals surface area contributed by atoms with Crippen LogP contribution in [0.15, 0.2) is 34.2 Å². The van der Waals surface area contributed by atoms with Gasteiger partial charge < -0.3 is 4.74 Å². The van der Waals surface area contributed by atoms with E-state index in [1.807, 2.05) is 0 Å². The van der Waals surface area contributed by atoms with Crippen LogP contribution in [0.5, 0.6) is 0 Å². The molecule has 0 aliphatic carbocycles. The zero-order chi connectivity index (χ0) is 18.8. The molecule has 0 radical (unpaired) electrons. The summed E-state index contributed by atoms with van der Waals surface area (Å²) in [5.74, 6) is -0.598. The molecule has 1 atom stereocenters. The van der Waals surface area contributed by atoms with Gasteiger partial charge in [0.15, 0.2) is 5.70 Å². The Labute approximate surface area is 157 Å². The molecule has 2 heterocycles. The number of thioether (sulfide) groups is 2. The monoisotopic (exact) mass is 394 g/mol. The molecule has 2 aliphatic rings. The first-order valence-electron chi connectivity index (χ1n) is 7.62. The van der Waals surface area contributed by atoms with E-state index in [9.17, 15) is 24.5 Å². The van der Waals surface area contributed by atoms with E-state index >= 15 is 0 Å². The Bertz CT molecular complexity index is 821. The predicted octanol–water partition coefficient (Wildman–Crippen LogP) is 2.43. The Kier molecular flexibility index (Phi) is 5.33. The number of fused-ring (bicyclic) bond motifs is 1. The first kappa shape index (κ1) is 18.5. The number of hydrogen-bond donors (Lipinski definition) is 0. The second-order valence-corrected chi connectivity index (χ2v) is 8.10. The van der Waals surface area contributed by atoms with Crippen LogP contribution < -0.4 is 0 Å². The highest BCUT2D eigenvalue weighted by Gasteiger charge is 2.49. The molecule has 0 saturated carbocycles. The maximum Gasteiger partial charge on any atom is 0.357 e. The molecule has 3 rings (SSSR count). The standard InChI is InChI=1S/C16H14N2O6S2/c1-9(19)8-25-16-14(17-12(20)6-13(17)26-16)15(21)24-7-10-2-4-11(5-3-10)18(22)23/h2-5,13H,6-8H2,1H3. The molecule has 0 spiro atoms. The van der Waals surface area contributed by atoms with E-state index in [4.69, 9.17) is 4.74 Å². The van der Waals surface area contributed by atoms with Crippen LogP contribution >= 0.6 is 23.5 Å². The van der Waals surface area contributed by atoms with E-state index in [2.05, 4.69) is 0 Å². The van der Waals surface area contributed by atoms with E-state index in [0.717, 1.165) is 0 Å². The maximum atomic E-state index is 12.5. The number of nitro benzene ring substituents is 1. The van der Waals surface area contributed by atoms with Crippen molar-refractivity contribution in [1.82, 2.24) is 4.90 Å². The summed E-state index contributed by atoms with van der Waals surface area (Å²) in [6, 6.07) is 5.67. The van der Waals surface area contributed by atoms with E-state index in [0.29, 0.717) is 16.2 Å². The number of ketones is 1. The minimum absolute atomic E-state index is 0.0257. The van der Waals surface area contributed by atoms with Crippen LogP contribution in [0.2, 0.25) is 0 Å². The number of hydrogen-bond acceptors (Lipinski definition) is 8. The predicted molar refractivity (Wildman–Crippen MR) is 95.9 cm³/mol. The van der Waals surface area contributed by atoms with E-state index in [1.165, 1.54) is 59.6 Å². The molecule has 1 amide bonds. The molecule has 0 N–H and O–H groups in total. The van der Waals surface area contributed by atoms with E-state index < -0.39 is 10.9 Å². The molecule has 1 unspecified atom stereocenters. The lowest BCUT2D eigenvalue weighted by atomic mass is 10.2. The van der Waals surface area contributed by atoms with Crippen molar-refractivity contribution in [2.24, 2.45) is 0 Å². The molecule has 8 nitrogen and oxygen atoms in total. The summed E-state index contributed by atoms with van der Waals surface area (Å²) in [4.78, 5) is 47.1. The van der Waals surface area contributed by atoms with Crippen LogP contribution in [-0.4, -0.2) is 38.6 Å². The van der Waals surface area contributed by atoms with Gasteiger partial charge in [0.1, 0.15) is 12.4 Å². The lowest BCUT2D eigenvalue weighted by Gasteiger charge is -2.34. The van der Waals surface area contributed by atoms with Gasteiger partial charge in [0.25, 0.3) is 5.69 Å². The number of nitro groups is 1. The van der Waals surface area contributed by atoms with Crippen LogP contribution in [0.1, 0.15) is 18.9 Å². The first-order chi connectivity index (χ1) is 12.4. The van der Waals surface area contributed by atoms with Gasteiger partial charge in [-0.25, -0.2) is 4.79 Å². The Balaban J connectivity index is 1.69. The van der Waals surface area contributed by atoms with Gasteiger partial charge >= 0.3 is 5.97 Å². The minimum atomic E-state index is -0.641. The number of amides is 1. The highest BCUT2D eigenvalue weighted by Crippen LogP contribution is 2.50. The van der Waals surface area contributed by atoms with Crippen molar-refractivity contribution in [2.45, 2.75) is 25.3 Å². The SMILES string of the molecule is CC(=O)CSC1=C(C(=O)OCc2ccc([N+](=O)[O-])cc2)N2C(=O)CC2S1. The smallest absolute Gasteiger partial charge is 0.357 e. The maximum absolute atomic E-state index is 12.5. The summed E-state index contributed by atoms with van der Waals surface area (Å²) in [5, 5.41) is 10.5. The second kappa shape index (κ2) is 7.50. The minimum Gasteiger partial charge on any atom is -0.456 e. The van der Waals surface area contributed by atoms with Gasteiger partial charge in [-0.05, 0) is 24.6 Å². The molecule has 1 saturated heterocycles. The summed E-state index contributed by atoms with van der Waals surface area (Å²) >= 11 is 2.62. The molecule has 26 heavy (non-hydrogen) atoms. The fourth-order valence-corrected chi connectivity index (χ4v) is 4.94. The van der Waals surface area contributed by atoms with Gasteiger partial charge in [-0.15, -0.1) is 11.8 Å². The Morgan fingerprint density at radius 1 is 1.38 bits per heavy atom. The van der Waals surface area contributed by atoms with Gasteiger partial charge in [0.2, 0.25) is 5.91 Å². The largest absolute Gasteiger partial charge is 0.456 e. The highest BCUT2D eigenvalue weighted by molar-refractivity contribution is 8.23. The van der Waals surface area contributed by atoms with Crippen LogP contribution in [0.25, 0.3) is 0 Å². The number of ether oxygens (including phenoxy) is 1. The first-order valence-corrected chi connectivity index (χ1v) is 9.49. The Morgan fingerprint density at radius 2 is 2.08 bits per heavy atom. The van der Waals surface area contributed by atoms with Crippen molar-refractivity contribution < 1.29 is 24.0 Å². The van der Waals surface area contributed by atoms with Crippen molar-refractivity contribution in [3.63, 3.8) is 0 Å². The highest BCUT2D eigenvalue weighted by atomic mass is 32.2. The Hall–Kier alpha value is -2.33. The molecule has 1 aromatic rings. The molecular weight excluding hydrogens is 380 g/mol. The lowest BCUT2D eigenvalue weighted by molar-refractivity contribution is -0.384. The summed E-state index contributed by atoms with van der Waals surface area (Å²) in [6.07, 6.45) is 0.355. The fraction of sp³-hybridized carbons (Fsp3) is 0.312. The fourth-order valence-electron chi connectivity index (χ4n) is 2.41. The number of rotatable bonds is 7. The average Bonchev–Trinajstić information content (AvgIpc) is 2.90. The van der Waals surface area contributed by atoms with E-state index in [1.54, 1.807) is 0 Å². The van der Waals surface area contributed by atoms with Crippen LogP contribution in [-0.2, 0) is 25.7 Å². The molecule has 1 fully saturated rings. The molecule has 136 valence electrons. The quantitative estimate of drug-likeness (QED) is 0.300. The van der Waals surface area contributed by atoms with Crippen molar-refractivity contribution in [2.75, 3.05) is 5.75 Å². The Morgan fingerprint density at radius 3 is 2.65 bits per heavy atom. The second-order valence-electron chi connectivity index (χ2n) is 5.67. The average molecular weight is 394 g/mol. The zero-order valence-electron chi connectivity index (χ0n) is 13.7. The number of esters is 1. The number of carbonyl (C=O) groups is 3. The third-order valence-electron chi connectivity index (χ3n) is 3.70. The summed E-state index contributed by atoms with van der Waals surface area (Å²) in [6.45, 7) is 1.39.